The first-order valence-electron chi connectivity index (χ1n) is 16.9. The molecule has 2 aliphatic carbocycles. The van der Waals surface area contributed by atoms with Gasteiger partial charge >= 0.3 is 0 Å². The summed E-state index contributed by atoms with van der Waals surface area (Å²) >= 11 is 0. The van der Waals surface area contributed by atoms with Gasteiger partial charge in [-0.3, -0.25) is 47.8 Å². The third-order valence-electron chi connectivity index (χ3n) is 8.95. The number of hydrazone groups is 2. The summed E-state index contributed by atoms with van der Waals surface area (Å²) in [7, 11) is -31.4. The van der Waals surface area contributed by atoms with E-state index in [1.807, 2.05) is 0 Å². The average Bonchev–Trinajstić information content (AvgIpc) is 3.16. The first-order chi connectivity index (χ1) is 30.2. The van der Waals surface area contributed by atoms with Crippen LogP contribution in [0.1, 0.15) is 43.0 Å². The quantitative estimate of drug-likeness (QED) is 0.0549. The molecule has 66 heavy (non-hydrogen) atoms. The van der Waals surface area contributed by atoms with Gasteiger partial charge in [-0.25, -0.2) is 0 Å². The molecule has 0 heterocycles. The number of allylic oxidation sites excluding steroid dienone is 4. The summed E-state index contributed by atoms with van der Waals surface area (Å²) in [6, 6.07) is 7.30. The van der Waals surface area contributed by atoms with Crippen LogP contribution < -0.4 is 10.9 Å². The molecule has 6 rings (SSSR count). The zero-order valence-corrected chi connectivity index (χ0v) is 36.6. The van der Waals surface area contributed by atoms with E-state index in [1.165, 1.54) is 0 Å². The number of aromatic hydroxyl groups is 2. The molecule has 0 bridgehead atoms. The number of rotatable bonds is 12. The SMILES string of the molecule is O=C1C=C(S(=O)(=O)O)C(=NNc2ccc(C=Cc3ccc(NN=C4C(S(=O)(=O)O)=CC(=O)c5c(O)cc(S(=O)(=O)O)cc54)cc3S(=O)(=O)O)c(S(=O)(=O)O)c2)c2cc(S(=O)(=O)O)cc(O)c21. The summed E-state index contributed by atoms with van der Waals surface area (Å²) in [5, 5.41) is 28.2. The predicted octanol–water partition coefficient (Wildman–Crippen LogP) is 1.82. The van der Waals surface area contributed by atoms with Crippen molar-refractivity contribution in [2.24, 2.45) is 10.2 Å². The molecule has 4 aromatic carbocycles. The Labute approximate surface area is 371 Å². The molecule has 0 amide bonds. The summed E-state index contributed by atoms with van der Waals surface area (Å²) < 4.78 is 205. The second-order valence-corrected chi connectivity index (χ2v) is 21.7. The van der Waals surface area contributed by atoms with Crippen molar-refractivity contribution in [2.45, 2.75) is 19.6 Å². The van der Waals surface area contributed by atoms with Gasteiger partial charge < -0.3 is 10.2 Å². The minimum atomic E-state index is -5.36. The number of ketones is 2. The van der Waals surface area contributed by atoms with Crippen molar-refractivity contribution >= 4 is 107 Å². The van der Waals surface area contributed by atoms with E-state index >= 15 is 0 Å². The number of carbonyl (C=O) groups is 2. The van der Waals surface area contributed by atoms with Gasteiger partial charge in [0.15, 0.2) is 11.6 Å². The van der Waals surface area contributed by atoms with Crippen LogP contribution in [0.25, 0.3) is 12.2 Å². The van der Waals surface area contributed by atoms with Crippen LogP contribution in [0.15, 0.2) is 112 Å². The smallest absolute Gasteiger partial charge is 0.296 e. The van der Waals surface area contributed by atoms with E-state index in [2.05, 4.69) is 21.1 Å². The molecule has 0 aromatic heterocycles. The highest BCUT2D eigenvalue weighted by Gasteiger charge is 2.36. The van der Waals surface area contributed by atoms with E-state index in [0.29, 0.717) is 48.6 Å². The number of hydrogen-bond acceptors (Lipinski definition) is 20. The van der Waals surface area contributed by atoms with Gasteiger partial charge in [0.05, 0.1) is 32.3 Å². The Morgan fingerprint density at radius 1 is 0.439 bits per heavy atom. The molecule has 32 heteroatoms. The third-order valence-corrected chi connectivity index (χ3v) is 14.2. The molecular formula is C34H24N4O22S6. The molecule has 0 atom stereocenters. The molecule has 0 spiro atoms. The van der Waals surface area contributed by atoms with Gasteiger partial charge in [0.2, 0.25) is 0 Å². The Morgan fingerprint density at radius 2 is 0.773 bits per heavy atom. The molecule has 0 saturated carbocycles. The number of hydrogen-bond donors (Lipinski definition) is 10. The molecule has 0 unspecified atom stereocenters. The molecule has 10 N–H and O–H groups in total. The molecule has 0 saturated heterocycles. The Balaban J connectivity index is 1.39. The average molecular weight is 1030 g/mol. The van der Waals surface area contributed by atoms with Crippen LogP contribution >= 0.6 is 0 Å². The number of carbonyl (C=O) groups excluding carboxylic acids is 2. The van der Waals surface area contributed by atoms with Gasteiger partial charge in [-0.2, -0.15) is 60.7 Å². The largest absolute Gasteiger partial charge is 0.507 e. The molecule has 0 radical (unpaired) electrons. The number of nitrogens with zero attached hydrogens (tertiary/aromatic N) is 2. The Hall–Kier alpha value is -6.56. The molecule has 348 valence electrons. The minimum Gasteiger partial charge on any atom is -0.507 e. The monoisotopic (exact) mass is 1030 g/mol. The van der Waals surface area contributed by atoms with E-state index < -0.39 is 169 Å². The maximum atomic E-state index is 12.7. The Morgan fingerprint density at radius 3 is 1.06 bits per heavy atom. The van der Waals surface area contributed by atoms with E-state index in [1.54, 1.807) is 0 Å². The van der Waals surface area contributed by atoms with Gasteiger partial charge in [-0.1, -0.05) is 24.3 Å². The summed E-state index contributed by atoms with van der Waals surface area (Å²) in [5.74, 6) is -4.64. The number of nitrogens with one attached hydrogen (secondary N) is 2. The van der Waals surface area contributed by atoms with E-state index in [4.69, 9.17) is 0 Å². The standard InChI is InChI=1S/C34H24N4O22S6/c39-23-11-19(61(43,44)45)9-21-31(23)25(41)13-29(65(55,56)57)33(21)37-35-17-5-3-15(27(7-17)63(49,50)51)1-2-16-4-6-18(8-28(16)64(52,53)54)36-38-34-22-10-20(62(46,47)48)12-24(40)32(22)26(42)14-30(34)66(58,59)60/h1-14,35-36,39-40H,(H,43,44,45)(H,46,47,48)(H,49,50,51)(H,52,53,54)(H,55,56,57)(H,58,59,60). The fourth-order valence-electron chi connectivity index (χ4n) is 6.15. The summed E-state index contributed by atoms with van der Waals surface area (Å²) in [6.07, 6.45) is 2.42. The van der Waals surface area contributed by atoms with Crippen molar-refractivity contribution < 1.29 is 97.6 Å². The topological polar surface area (TPSA) is 450 Å². The lowest BCUT2D eigenvalue weighted by Crippen LogP contribution is -2.24. The zero-order chi connectivity index (χ0) is 49.3. The molecule has 4 aromatic rings. The Kier molecular flexibility index (Phi) is 12.4. The van der Waals surface area contributed by atoms with Gasteiger partial charge in [0, 0.05) is 35.4 Å². The van der Waals surface area contributed by atoms with Gasteiger partial charge in [-0.05, 0) is 47.5 Å². The van der Waals surface area contributed by atoms with Crippen molar-refractivity contribution in [3.05, 3.63) is 116 Å². The highest BCUT2D eigenvalue weighted by molar-refractivity contribution is 7.91. The summed E-state index contributed by atoms with van der Waals surface area (Å²) in [5.41, 5.74) is -2.12. The zero-order valence-electron chi connectivity index (χ0n) is 31.7. The van der Waals surface area contributed by atoms with Crippen molar-refractivity contribution in [2.75, 3.05) is 10.9 Å². The predicted molar refractivity (Wildman–Crippen MR) is 226 cm³/mol. The molecular weight excluding hydrogens is 1010 g/mol. The normalized spacial score (nSPS) is 16.2. The lowest BCUT2D eigenvalue weighted by Gasteiger charge is -2.19. The summed E-state index contributed by atoms with van der Waals surface area (Å²) in [6.45, 7) is 0. The van der Waals surface area contributed by atoms with Crippen LogP contribution in [-0.2, 0) is 60.7 Å². The molecule has 2 aliphatic rings. The lowest BCUT2D eigenvalue weighted by atomic mass is 9.93. The minimum absolute atomic E-state index is 0.312. The number of phenolic OH excluding ortho intramolecular Hbond substituents is 2. The van der Waals surface area contributed by atoms with Crippen LogP contribution in [0, 0.1) is 0 Å². The number of benzene rings is 4. The van der Waals surface area contributed by atoms with Crippen molar-refractivity contribution in [3.8, 4) is 11.5 Å². The molecule has 0 fully saturated rings. The van der Waals surface area contributed by atoms with Gasteiger partial charge in [0.1, 0.15) is 42.5 Å². The number of anilines is 2. The van der Waals surface area contributed by atoms with Crippen molar-refractivity contribution in [1.82, 2.24) is 0 Å². The molecule has 0 aliphatic heterocycles. The highest BCUT2D eigenvalue weighted by Crippen LogP contribution is 2.36. The van der Waals surface area contributed by atoms with Crippen molar-refractivity contribution in [1.29, 1.82) is 0 Å². The fourth-order valence-corrected chi connectivity index (χ4v) is 9.94. The van der Waals surface area contributed by atoms with Crippen LogP contribution in [0.5, 0.6) is 11.5 Å². The first-order valence-corrected chi connectivity index (χ1v) is 25.6. The van der Waals surface area contributed by atoms with Crippen LogP contribution in [-0.4, -0.2) is 111 Å². The van der Waals surface area contributed by atoms with Crippen molar-refractivity contribution in [3.63, 3.8) is 0 Å². The van der Waals surface area contributed by atoms with Gasteiger partial charge in [0.25, 0.3) is 60.7 Å². The van der Waals surface area contributed by atoms with E-state index in [9.17, 15) is 97.6 Å². The van der Waals surface area contributed by atoms with Crippen LogP contribution in [0.4, 0.5) is 11.4 Å². The highest BCUT2D eigenvalue weighted by atomic mass is 32.2. The Bertz CT molecular complexity index is 3500. The second kappa shape index (κ2) is 16.7. The first kappa shape index (κ1) is 48.9. The van der Waals surface area contributed by atoms with Gasteiger partial charge in [-0.15, -0.1) is 0 Å². The molecule has 26 nitrogen and oxygen atoms in total. The summed E-state index contributed by atoms with van der Waals surface area (Å²) in [4.78, 5) is 18.9. The fraction of sp³-hybridized carbons (Fsp3) is 0. The third kappa shape index (κ3) is 10.1. The van der Waals surface area contributed by atoms with Crippen LogP contribution in [0.2, 0.25) is 0 Å². The maximum absolute atomic E-state index is 12.7. The van der Waals surface area contributed by atoms with Crippen LogP contribution in [0.3, 0.4) is 0 Å². The lowest BCUT2D eigenvalue weighted by molar-refractivity contribution is 0.103. The number of fused-ring (bicyclic) bond motifs is 2. The maximum Gasteiger partial charge on any atom is 0.296 e. The van der Waals surface area contributed by atoms with E-state index in [0.717, 1.165) is 36.4 Å². The second-order valence-electron chi connectivity index (χ2n) is 13.3. The number of phenols is 2. The van der Waals surface area contributed by atoms with E-state index in [-0.39, 0.29) is 0 Å².